The van der Waals surface area contributed by atoms with Gasteiger partial charge in [0.05, 0.1) is 0 Å². The van der Waals surface area contributed by atoms with Crippen molar-refractivity contribution in [3.63, 3.8) is 0 Å². The van der Waals surface area contributed by atoms with E-state index in [9.17, 15) is 9.59 Å². The molecule has 0 aromatic carbocycles. The standard InChI is InChI=1S/C14H26N2O3/c1-4-16(11-7-5-6-8-11)14(19)15-12(13(17)18)9-10(2)3/h10-12H,4-9H2,1-3H3,(H,15,19)(H,17,18)/t12-/m1/s1. The highest BCUT2D eigenvalue weighted by Crippen LogP contribution is 2.23. The van der Waals surface area contributed by atoms with Crippen molar-refractivity contribution in [1.29, 1.82) is 0 Å². The van der Waals surface area contributed by atoms with E-state index >= 15 is 0 Å². The predicted molar refractivity (Wildman–Crippen MR) is 74.0 cm³/mol. The summed E-state index contributed by atoms with van der Waals surface area (Å²) in [5, 5.41) is 11.8. The Hall–Kier alpha value is -1.26. The minimum Gasteiger partial charge on any atom is -0.480 e. The highest BCUT2D eigenvalue weighted by Gasteiger charge is 2.28. The molecule has 1 saturated carbocycles. The maximum Gasteiger partial charge on any atom is 0.326 e. The molecule has 1 fully saturated rings. The number of aliphatic carboxylic acids is 1. The Kier molecular flexibility index (Phi) is 6.12. The number of rotatable bonds is 6. The van der Waals surface area contributed by atoms with E-state index in [4.69, 9.17) is 5.11 Å². The Morgan fingerprint density at radius 3 is 2.32 bits per heavy atom. The molecule has 0 heterocycles. The summed E-state index contributed by atoms with van der Waals surface area (Å²) in [5.74, 6) is -0.715. The fourth-order valence-electron chi connectivity index (χ4n) is 2.71. The lowest BCUT2D eigenvalue weighted by atomic mass is 10.0. The number of nitrogens with one attached hydrogen (secondary N) is 1. The Labute approximate surface area is 115 Å². The minimum atomic E-state index is -0.954. The first-order chi connectivity index (χ1) is 8.95. The number of hydrogen-bond donors (Lipinski definition) is 2. The highest BCUT2D eigenvalue weighted by molar-refractivity contribution is 5.82. The Bertz CT molecular complexity index is 312. The molecule has 1 atom stereocenters. The Morgan fingerprint density at radius 1 is 1.32 bits per heavy atom. The van der Waals surface area contributed by atoms with Crippen LogP contribution in [0, 0.1) is 5.92 Å². The van der Waals surface area contributed by atoms with E-state index in [0.717, 1.165) is 25.7 Å². The van der Waals surface area contributed by atoms with Crippen molar-refractivity contribution in [3.05, 3.63) is 0 Å². The van der Waals surface area contributed by atoms with Gasteiger partial charge < -0.3 is 15.3 Å². The molecule has 1 aliphatic carbocycles. The lowest BCUT2D eigenvalue weighted by Crippen LogP contribution is -2.51. The van der Waals surface area contributed by atoms with Crippen molar-refractivity contribution < 1.29 is 14.7 Å². The van der Waals surface area contributed by atoms with Crippen LogP contribution >= 0.6 is 0 Å². The topological polar surface area (TPSA) is 69.6 Å². The van der Waals surface area contributed by atoms with Gasteiger partial charge in [-0.15, -0.1) is 0 Å². The van der Waals surface area contributed by atoms with Crippen LogP contribution in [-0.2, 0) is 4.79 Å². The van der Waals surface area contributed by atoms with Gasteiger partial charge in [-0.2, -0.15) is 0 Å². The third kappa shape index (κ3) is 4.73. The largest absolute Gasteiger partial charge is 0.480 e. The van der Waals surface area contributed by atoms with Crippen LogP contribution < -0.4 is 5.32 Å². The van der Waals surface area contributed by atoms with Gasteiger partial charge in [-0.3, -0.25) is 0 Å². The van der Waals surface area contributed by atoms with Crippen molar-refractivity contribution in [1.82, 2.24) is 10.2 Å². The zero-order chi connectivity index (χ0) is 14.4. The molecule has 0 spiro atoms. The van der Waals surface area contributed by atoms with Crippen LogP contribution in [0.5, 0.6) is 0 Å². The van der Waals surface area contributed by atoms with Crippen LogP contribution in [-0.4, -0.2) is 40.6 Å². The van der Waals surface area contributed by atoms with Crippen LogP contribution in [0.25, 0.3) is 0 Å². The van der Waals surface area contributed by atoms with Gasteiger partial charge in [0.2, 0.25) is 0 Å². The molecule has 5 heteroatoms. The number of carbonyl (C=O) groups is 2. The first kappa shape index (κ1) is 15.8. The lowest BCUT2D eigenvalue weighted by Gasteiger charge is -2.29. The Balaban J connectivity index is 2.60. The maximum absolute atomic E-state index is 12.2. The summed E-state index contributed by atoms with van der Waals surface area (Å²) >= 11 is 0. The zero-order valence-corrected chi connectivity index (χ0v) is 12.2. The molecule has 0 aliphatic heterocycles. The van der Waals surface area contributed by atoms with Crippen LogP contribution in [0.4, 0.5) is 4.79 Å². The summed E-state index contributed by atoms with van der Waals surface area (Å²) in [4.78, 5) is 25.2. The summed E-state index contributed by atoms with van der Waals surface area (Å²) in [7, 11) is 0. The van der Waals surface area contributed by atoms with E-state index in [0.29, 0.717) is 13.0 Å². The summed E-state index contributed by atoms with van der Waals surface area (Å²) in [6, 6.07) is -0.746. The van der Waals surface area contributed by atoms with Gasteiger partial charge in [0, 0.05) is 12.6 Å². The Morgan fingerprint density at radius 2 is 1.89 bits per heavy atom. The number of carbonyl (C=O) groups excluding carboxylic acids is 1. The van der Waals surface area contributed by atoms with Gasteiger partial charge in [0.25, 0.3) is 0 Å². The molecule has 19 heavy (non-hydrogen) atoms. The quantitative estimate of drug-likeness (QED) is 0.779. The van der Waals surface area contributed by atoms with E-state index in [-0.39, 0.29) is 18.0 Å². The normalized spacial score (nSPS) is 17.5. The van der Waals surface area contributed by atoms with Crippen LogP contribution in [0.3, 0.4) is 0 Å². The van der Waals surface area contributed by atoms with E-state index in [2.05, 4.69) is 5.32 Å². The second-order valence-electron chi connectivity index (χ2n) is 5.69. The molecule has 2 amide bonds. The van der Waals surface area contributed by atoms with Crippen molar-refractivity contribution in [2.75, 3.05) is 6.54 Å². The zero-order valence-electron chi connectivity index (χ0n) is 12.2. The SMILES string of the molecule is CCN(C(=O)N[C@H](CC(C)C)C(=O)O)C1CCCC1. The number of carboxylic acids is 1. The predicted octanol–water partition coefficient (Wildman–Crippen LogP) is 2.46. The fraction of sp³-hybridized carbons (Fsp3) is 0.857. The van der Waals surface area contributed by atoms with Crippen molar-refractivity contribution in [2.45, 2.75) is 65.0 Å². The third-order valence-corrected chi connectivity index (χ3v) is 3.67. The molecular weight excluding hydrogens is 244 g/mol. The summed E-state index contributed by atoms with van der Waals surface area (Å²) in [5.41, 5.74) is 0. The lowest BCUT2D eigenvalue weighted by molar-refractivity contribution is -0.139. The molecule has 0 bridgehead atoms. The molecule has 0 saturated heterocycles. The van der Waals surface area contributed by atoms with Gasteiger partial charge in [-0.05, 0) is 32.1 Å². The van der Waals surface area contributed by atoms with Crippen molar-refractivity contribution in [2.24, 2.45) is 5.92 Å². The van der Waals surface area contributed by atoms with E-state index in [1.54, 1.807) is 4.90 Å². The molecule has 5 nitrogen and oxygen atoms in total. The smallest absolute Gasteiger partial charge is 0.326 e. The molecular formula is C14H26N2O3. The van der Waals surface area contributed by atoms with E-state index < -0.39 is 12.0 Å². The molecule has 0 unspecified atom stereocenters. The molecule has 0 aromatic heterocycles. The number of carboxylic acid groups (broad SMARTS) is 1. The van der Waals surface area contributed by atoms with Gasteiger partial charge in [0.15, 0.2) is 0 Å². The van der Waals surface area contributed by atoms with Crippen molar-refractivity contribution >= 4 is 12.0 Å². The van der Waals surface area contributed by atoms with Crippen LogP contribution in [0.15, 0.2) is 0 Å². The molecule has 2 N–H and O–H groups in total. The van der Waals surface area contributed by atoms with E-state index in [1.165, 1.54) is 0 Å². The molecule has 0 radical (unpaired) electrons. The number of amides is 2. The minimum absolute atomic E-state index is 0.234. The molecule has 110 valence electrons. The van der Waals surface area contributed by atoms with Gasteiger partial charge in [-0.1, -0.05) is 26.7 Å². The second-order valence-corrected chi connectivity index (χ2v) is 5.69. The number of nitrogens with zero attached hydrogens (tertiary/aromatic N) is 1. The third-order valence-electron chi connectivity index (χ3n) is 3.67. The average molecular weight is 270 g/mol. The highest BCUT2D eigenvalue weighted by atomic mass is 16.4. The maximum atomic E-state index is 12.2. The number of urea groups is 1. The summed E-state index contributed by atoms with van der Waals surface area (Å²) < 4.78 is 0. The van der Waals surface area contributed by atoms with Crippen LogP contribution in [0.2, 0.25) is 0 Å². The molecule has 1 rings (SSSR count). The molecule has 0 aromatic rings. The van der Waals surface area contributed by atoms with Gasteiger partial charge in [0.1, 0.15) is 6.04 Å². The first-order valence-corrected chi connectivity index (χ1v) is 7.25. The second kappa shape index (κ2) is 7.36. The van der Waals surface area contributed by atoms with Crippen molar-refractivity contribution in [3.8, 4) is 0 Å². The summed E-state index contributed by atoms with van der Waals surface area (Å²) in [6.07, 6.45) is 4.83. The number of hydrogen-bond acceptors (Lipinski definition) is 2. The van der Waals surface area contributed by atoms with Crippen LogP contribution in [0.1, 0.15) is 52.9 Å². The average Bonchev–Trinajstić information content (AvgIpc) is 2.82. The van der Waals surface area contributed by atoms with E-state index in [1.807, 2.05) is 20.8 Å². The monoisotopic (exact) mass is 270 g/mol. The van der Waals surface area contributed by atoms with Gasteiger partial charge in [-0.25, -0.2) is 9.59 Å². The summed E-state index contributed by atoms with van der Waals surface area (Å²) in [6.45, 7) is 6.48. The molecule has 1 aliphatic rings. The first-order valence-electron chi connectivity index (χ1n) is 7.25. The van der Waals surface area contributed by atoms with Gasteiger partial charge >= 0.3 is 12.0 Å². The fourth-order valence-corrected chi connectivity index (χ4v) is 2.71.